The molecule has 1 aromatic carbocycles. The predicted molar refractivity (Wildman–Crippen MR) is 91.5 cm³/mol. The molecule has 1 N–H and O–H groups in total. The highest BCUT2D eigenvalue weighted by Crippen LogP contribution is 2.30. The molecule has 0 unspecified atom stereocenters. The van der Waals surface area contributed by atoms with Crippen LogP contribution >= 0.6 is 0 Å². The Hall–Kier alpha value is -2.34. The molecule has 24 heavy (non-hydrogen) atoms. The van der Waals surface area contributed by atoms with Crippen molar-refractivity contribution in [2.75, 3.05) is 31.2 Å². The summed E-state index contributed by atoms with van der Waals surface area (Å²) in [6, 6.07) is 10.6. The Morgan fingerprint density at radius 2 is 2.08 bits per heavy atom. The van der Waals surface area contributed by atoms with Gasteiger partial charge in [-0.05, 0) is 42.7 Å². The zero-order valence-corrected chi connectivity index (χ0v) is 13.6. The van der Waals surface area contributed by atoms with Gasteiger partial charge in [0, 0.05) is 31.9 Å². The monoisotopic (exact) mass is 326 g/mol. The van der Waals surface area contributed by atoms with Gasteiger partial charge in [0.1, 0.15) is 13.2 Å². The second-order valence-corrected chi connectivity index (χ2v) is 6.18. The van der Waals surface area contributed by atoms with Crippen LogP contribution in [0.1, 0.15) is 18.4 Å². The normalized spacial score (nSPS) is 19.5. The molecular weight excluding hydrogens is 304 g/mol. The van der Waals surface area contributed by atoms with Crippen molar-refractivity contribution in [3.8, 4) is 11.5 Å². The van der Waals surface area contributed by atoms with Crippen molar-refractivity contribution in [2.24, 2.45) is 0 Å². The molecule has 2 aliphatic rings. The van der Waals surface area contributed by atoms with Gasteiger partial charge in [-0.3, -0.25) is 0 Å². The van der Waals surface area contributed by atoms with Crippen LogP contribution in [0, 0.1) is 0 Å². The van der Waals surface area contributed by atoms with E-state index in [4.69, 9.17) is 9.47 Å². The first-order valence-electron chi connectivity index (χ1n) is 8.54. The van der Waals surface area contributed by atoms with Gasteiger partial charge in [-0.2, -0.15) is 5.10 Å². The lowest BCUT2D eigenvalue weighted by Crippen LogP contribution is -2.38. The summed E-state index contributed by atoms with van der Waals surface area (Å²) in [6.45, 7) is 4.06. The maximum Gasteiger partial charge on any atom is 0.161 e. The fourth-order valence-corrected chi connectivity index (χ4v) is 3.38. The molecule has 2 aromatic rings. The van der Waals surface area contributed by atoms with Gasteiger partial charge in [-0.25, -0.2) is 0 Å². The first-order valence-corrected chi connectivity index (χ1v) is 8.54. The molecule has 1 fully saturated rings. The maximum atomic E-state index is 5.64. The molecule has 6 heteroatoms. The van der Waals surface area contributed by atoms with E-state index in [1.54, 1.807) is 6.20 Å². The number of nitrogens with one attached hydrogen (secondary N) is 1. The quantitative estimate of drug-likeness (QED) is 0.907. The summed E-state index contributed by atoms with van der Waals surface area (Å²) in [5.41, 5.74) is 1.21. The molecule has 0 saturated carbocycles. The van der Waals surface area contributed by atoms with E-state index in [-0.39, 0.29) is 0 Å². The molecule has 1 saturated heterocycles. The van der Waals surface area contributed by atoms with Crippen LogP contribution in [0.4, 0.5) is 5.82 Å². The molecule has 126 valence electrons. The van der Waals surface area contributed by atoms with Crippen molar-refractivity contribution in [3.05, 3.63) is 42.1 Å². The van der Waals surface area contributed by atoms with Crippen molar-refractivity contribution in [1.29, 1.82) is 0 Å². The van der Waals surface area contributed by atoms with Gasteiger partial charge in [0.2, 0.25) is 0 Å². The van der Waals surface area contributed by atoms with E-state index in [2.05, 4.69) is 32.5 Å². The smallest absolute Gasteiger partial charge is 0.161 e. The minimum atomic E-state index is 0.471. The number of hydrogen-bond donors (Lipinski definition) is 1. The van der Waals surface area contributed by atoms with Gasteiger partial charge in [-0.15, -0.1) is 5.10 Å². The molecule has 2 aliphatic heterocycles. The molecule has 3 heterocycles. The molecule has 0 bridgehead atoms. The topological polar surface area (TPSA) is 59.5 Å². The number of fused-ring (bicyclic) bond motifs is 1. The lowest BCUT2D eigenvalue weighted by Gasteiger charge is -2.25. The largest absolute Gasteiger partial charge is 0.486 e. The van der Waals surface area contributed by atoms with E-state index in [0.717, 1.165) is 37.0 Å². The molecule has 0 spiro atoms. The van der Waals surface area contributed by atoms with Gasteiger partial charge >= 0.3 is 0 Å². The Labute approximate surface area is 141 Å². The van der Waals surface area contributed by atoms with Crippen molar-refractivity contribution in [2.45, 2.75) is 25.4 Å². The summed E-state index contributed by atoms with van der Waals surface area (Å²) in [4.78, 5) is 2.35. The van der Waals surface area contributed by atoms with Crippen LogP contribution in [0.2, 0.25) is 0 Å². The molecule has 0 radical (unpaired) electrons. The van der Waals surface area contributed by atoms with E-state index in [9.17, 15) is 0 Å². The van der Waals surface area contributed by atoms with E-state index in [1.165, 1.54) is 18.4 Å². The summed E-state index contributed by atoms with van der Waals surface area (Å²) in [6.07, 6.45) is 4.10. The zero-order valence-electron chi connectivity index (χ0n) is 13.6. The highest BCUT2D eigenvalue weighted by molar-refractivity contribution is 5.44. The van der Waals surface area contributed by atoms with Crippen molar-refractivity contribution in [1.82, 2.24) is 15.5 Å². The number of rotatable bonds is 5. The Balaban J connectivity index is 1.34. The second kappa shape index (κ2) is 7.05. The molecule has 1 aromatic heterocycles. The fraction of sp³-hybridized carbons (Fsp3) is 0.444. The third kappa shape index (κ3) is 3.28. The maximum absolute atomic E-state index is 5.64. The molecular formula is C18H22N4O2. The second-order valence-electron chi connectivity index (χ2n) is 6.18. The Morgan fingerprint density at radius 3 is 2.96 bits per heavy atom. The van der Waals surface area contributed by atoms with Crippen LogP contribution < -0.4 is 19.7 Å². The van der Waals surface area contributed by atoms with Gasteiger partial charge < -0.3 is 19.7 Å². The minimum Gasteiger partial charge on any atom is -0.486 e. The van der Waals surface area contributed by atoms with Crippen molar-refractivity contribution < 1.29 is 9.47 Å². The number of nitrogens with zero attached hydrogens (tertiary/aromatic N) is 3. The van der Waals surface area contributed by atoms with Gasteiger partial charge in [-0.1, -0.05) is 6.07 Å². The number of ether oxygens (including phenoxy) is 2. The SMILES string of the molecule is c1cnnc(N2CCC[C@H]2CNCc2ccc3c(c2)OCCO3)c1. The van der Waals surface area contributed by atoms with Gasteiger partial charge in [0.05, 0.1) is 0 Å². The number of anilines is 1. The molecule has 0 aliphatic carbocycles. The van der Waals surface area contributed by atoms with Crippen LogP contribution in [-0.4, -0.2) is 42.5 Å². The number of benzene rings is 1. The number of aromatic nitrogens is 2. The molecule has 6 nitrogen and oxygen atoms in total. The highest BCUT2D eigenvalue weighted by Gasteiger charge is 2.25. The van der Waals surface area contributed by atoms with Gasteiger partial charge in [0.25, 0.3) is 0 Å². The van der Waals surface area contributed by atoms with E-state index in [1.807, 2.05) is 18.2 Å². The van der Waals surface area contributed by atoms with E-state index >= 15 is 0 Å². The minimum absolute atomic E-state index is 0.471. The van der Waals surface area contributed by atoms with Crippen LogP contribution in [0.5, 0.6) is 11.5 Å². The number of hydrogen-bond acceptors (Lipinski definition) is 6. The molecule has 0 amide bonds. The highest BCUT2D eigenvalue weighted by atomic mass is 16.6. The average molecular weight is 326 g/mol. The Morgan fingerprint density at radius 1 is 1.17 bits per heavy atom. The van der Waals surface area contributed by atoms with Gasteiger partial charge in [0.15, 0.2) is 17.3 Å². The third-order valence-corrected chi connectivity index (χ3v) is 4.55. The predicted octanol–water partition coefficient (Wildman–Crippen LogP) is 2.01. The fourth-order valence-electron chi connectivity index (χ4n) is 3.38. The van der Waals surface area contributed by atoms with E-state index < -0.39 is 0 Å². The summed E-state index contributed by atoms with van der Waals surface area (Å²) < 4.78 is 11.2. The third-order valence-electron chi connectivity index (χ3n) is 4.55. The standard InChI is InChI=1S/C18H22N4O2/c1-4-18(21-20-7-1)22-8-2-3-15(22)13-19-12-14-5-6-16-17(11-14)24-10-9-23-16/h1,4-7,11,15,19H,2-3,8-10,12-13H2/t15-/m0/s1. The molecule has 1 atom stereocenters. The Kier molecular flexibility index (Phi) is 4.46. The van der Waals surface area contributed by atoms with Crippen LogP contribution in [-0.2, 0) is 6.54 Å². The summed E-state index contributed by atoms with van der Waals surface area (Å²) in [5, 5.41) is 11.8. The summed E-state index contributed by atoms with van der Waals surface area (Å²) in [5.74, 6) is 2.67. The van der Waals surface area contributed by atoms with Crippen LogP contribution in [0.3, 0.4) is 0 Å². The first-order chi connectivity index (χ1) is 11.9. The van der Waals surface area contributed by atoms with E-state index in [0.29, 0.717) is 19.3 Å². The molecule has 4 rings (SSSR count). The summed E-state index contributed by atoms with van der Waals surface area (Å²) >= 11 is 0. The van der Waals surface area contributed by atoms with Crippen molar-refractivity contribution >= 4 is 5.82 Å². The first kappa shape index (κ1) is 15.2. The summed E-state index contributed by atoms with van der Waals surface area (Å²) in [7, 11) is 0. The van der Waals surface area contributed by atoms with Crippen LogP contribution in [0.25, 0.3) is 0 Å². The lowest BCUT2D eigenvalue weighted by atomic mass is 10.1. The Bertz CT molecular complexity index is 680. The van der Waals surface area contributed by atoms with Crippen LogP contribution in [0.15, 0.2) is 36.5 Å². The average Bonchev–Trinajstić information content (AvgIpc) is 3.11. The lowest BCUT2D eigenvalue weighted by molar-refractivity contribution is 0.171. The van der Waals surface area contributed by atoms with Crippen molar-refractivity contribution in [3.63, 3.8) is 0 Å². The zero-order chi connectivity index (χ0) is 16.2.